The summed E-state index contributed by atoms with van der Waals surface area (Å²) in [4.78, 5) is 0. The lowest BCUT2D eigenvalue weighted by Gasteiger charge is -2.11. The molecule has 0 spiro atoms. The smallest absolute Gasteiger partial charge is 0.153 e. The first-order chi connectivity index (χ1) is 11.3. The van der Waals surface area contributed by atoms with E-state index in [0.717, 1.165) is 33.5 Å². The van der Waals surface area contributed by atoms with Gasteiger partial charge in [0.15, 0.2) is 5.82 Å². The van der Waals surface area contributed by atoms with Crippen molar-refractivity contribution in [2.45, 2.75) is 0 Å². The van der Waals surface area contributed by atoms with Gasteiger partial charge in [-0.15, -0.1) is 0 Å². The van der Waals surface area contributed by atoms with Gasteiger partial charge in [-0.3, -0.25) is 5.10 Å². The van der Waals surface area contributed by atoms with E-state index in [2.05, 4.69) is 10.2 Å². The zero-order valence-electron chi connectivity index (χ0n) is 12.4. The van der Waals surface area contributed by atoms with Crippen LogP contribution in [0.25, 0.3) is 22.0 Å². The molecule has 0 saturated heterocycles. The maximum Gasteiger partial charge on any atom is 0.153 e. The Morgan fingerprint density at radius 2 is 1.65 bits per heavy atom. The van der Waals surface area contributed by atoms with Gasteiger partial charge in [0, 0.05) is 10.9 Å². The molecule has 3 N–H and O–H groups in total. The minimum atomic E-state index is 0.503. The molecule has 1 aromatic heterocycles. The van der Waals surface area contributed by atoms with Crippen LogP contribution in [-0.2, 0) is 0 Å². The van der Waals surface area contributed by atoms with Crippen LogP contribution in [0.2, 0.25) is 0 Å². The maximum atomic E-state index is 6.03. The summed E-state index contributed by atoms with van der Waals surface area (Å²) in [6.45, 7) is 0. The van der Waals surface area contributed by atoms with Crippen LogP contribution in [0.15, 0.2) is 72.8 Å². The van der Waals surface area contributed by atoms with E-state index in [1.54, 1.807) is 0 Å². The zero-order chi connectivity index (χ0) is 15.6. The molecule has 4 heteroatoms. The van der Waals surface area contributed by atoms with Crippen LogP contribution in [-0.4, -0.2) is 10.2 Å². The fourth-order valence-corrected chi connectivity index (χ4v) is 2.61. The summed E-state index contributed by atoms with van der Waals surface area (Å²) < 4.78 is 6.03. The molecule has 0 unspecified atom stereocenters. The number of nitrogens with two attached hydrogens (primary N) is 1. The molecule has 0 amide bonds. The fourth-order valence-electron chi connectivity index (χ4n) is 2.61. The van der Waals surface area contributed by atoms with E-state index in [4.69, 9.17) is 10.5 Å². The Morgan fingerprint density at radius 1 is 0.870 bits per heavy atom. The molecule has 0 fully saturated rings. The molecule has 4 aromatic rings. The lowest BCUT2D eigenvalue weighted by atomic mass is 10.0. The van der Waals surface area contributed by atoms with Gasteiger partial charge in [0.25, 0.3) is 0 Å². The minimum Gasteiger partial charge on any atom is -0.457 e. The van der Waals surface area contributed by atoms with Gasteiger partial charge < -0.3 is 10.5 Å². The van der Waals surface area contributed by atoms with E-state index in [-0.39, 0.29) is 0 Å². The molecule has 0 bridgehead atoms. The molecule has 4 nitrogen and oxygen atoms in total. The molecule has 0 atom stereocenters. The first-order valence-corrected chi connectivity index (χ1v) is 7.37. The number of benzene rings is 3. The highest BCUT2D eigenvalue weighted by molar-refractivity contribution is 5.92. The van der Waals surface area contributed by atoms with E-state index >= 15 is 0 Å². The predicted octanol–water partition coefficient (Wildman–Crippen LogP) is 4.60. The van der Waals surface area contributed by atoms with Crippen molar-refractivity contribution >= 4 is 16.7 Å². The second kappa shape index (κ2) is 5.50. The highest BCUT2D eigenvalue weighted by Gasteiger charge is 2.09. The van der Waals surface area contributed by atoms with Gasteiger partial charge in [-0.25, -0.2) is 0 Å². The van der Waals surface area contributed by atoms with Gasteiger partial charge in [-0.1, -0.05) is 42.5 Å². The van der Waals surface area contributed by atoms with Gasteiger partial charge in [0.2, 0.25) is 0 Å². The summed E-state index contributed by atoms with van der Waals surface area (Å²) in [5.41, 5.74) is 8.89. The number of aromatic nitrogens is 2. The third-order valence-corrected chi connectivity index (χ3v) is 3.76. The van der Waals surface area contributed by atoms with Crippen LogP contribution < -0.4 is 10.5 Å². The molecule has 0 radical (unpaired) electrons. The third-order valence-electron chi connectivity index (χ3n) is 3.76. The van der Waals surface area contributed by atoms with Crippen molar-refractivity contribution in [1.82, 2.24) is 10.2 Å². The van der Waals surface area contributed by atoms with Crippen LogP contribution in [0.4, 0.5) is 5.82 Å². The Bertz CT molecular complexity index is 961. The van der Waals surface area contributed by atoms with Gasteiger partial charge in [0.05, 0.1) is 5.52 Å². The molecule has 112 valence electrons. The number of ether oxygens (including phenoxy) is 1. The quantitative estimate of drug-likeness (QED) is 0.581. The summed E-state index contributed by atoms with van der Waals surface area (Å²) in [6, 6.07) is 23.8. The first kappa shape index (κ1) is 13.4. The standard InChI is InChI=1S/C19H15N3O/c20-19-16-12-13(10-11-17(16)21-22-19)15-8-4-5-9-18(15)23-14-6-2-1-3-7-14/h1-12H,(H3,20,21,22). The lowest BCUT2D eigenvalue weighted by molar-refractivity contribution is 0.484. The number of H-pyrrole nitrogens is 1. The average Bonchev–Trinajstić information content (AvgIpc) is 2.97. The molecule has 0 aliphatic carbocycles. The molecule has 0 saturated carbocycles. The van der Waals surface area contributed by atoms with Crippen molar-refractivity contribution < 1.29 is 4.74 Å². The first-order valence-electron chi connectivity index (χ1n) is 7.37. The highest BCUT2D eigenvalue weighted by Crippen LogP contribution is 2.35. The summed E-state index contributed by atoms with van der Waals surface area (Å²) in [6.07, 6.45) is 0. The van der Waals surface area contributed by atoms with Crippen LogP contribution in [0.5, 0.6) is 11.5 Å². The molecule has 3 aromatic carbocycles. The highest BCUT2D eigenvalue weighted by atomic mass is 16.5. The maximum absolute atomic E-state index is 6.03. The second-order valence-corrected chi connectivity index (χ2v) is 5.28. The van der Waals surface area contributed by atoms with E-state index in [9.17, 15) is 0 Å². The van der Waals surface area contributed by atoms with Gasteiger partial charge in [-0.05, 0) is 35.9 Å². The molecule has 0 aliphatic rings. The van der Waals surface area contributed by atoms with Crippen LogP contribution in [0, 0.1) is 0 Å². The van der Waals surface area contributed by atoms with Crippen molar-refractivity contribution in [2.24, 2.45) is 0 Å². The molecular weight excluding hydrogens is 286 g/mol. The number of rotatable bonds is 3. The average molecular weight is 301 g/mol. The number of nitrogens with one attached hydrogen (secondary N) is 1. The molecule has 0 aliphatic heterocycles. The molecular formula is C19H15N3O. The number of nitrogen functional groups attached to an aromatic ring is 1. The Hall–Kier alpha value is -3.27. The zero-order valence-corrected chi connectivity index (χ0v) is 12.4. The number of para-hydroxylation sites is 2. The summed E-state index contributed by atoms with van der Waals surface area (Å²) in [5, 5.41) is 7.87. The molecule has 1 heterocycles. The van der Waals surface area contributed by atoms with E-state index in [1.165, 1.54) is 0 Å². The van der Waals surface area contributed by atoms with E-state index in [0.29, 0.717) is 5.82 Å². The third kappa shape index (κ3) is 2.51. The van der Waals surface area contributed by atoms with Gasteiger partial charge >= 0.3 is 0 Å². The normalized spacial score (nSPS) is 10.8. The van der Waals surface area contributed by atoms with Crippen LogP contribution in [0.1, 0.15) is 0 Å². The van der Waals surface area contributed by atoms with Crippen molar-refractivity contribution in [1.29, 1.82) is 0 Å². The second-order valence-electron chi connectivity index (χ2n) is 5.28. The Labute approximate surface area is 133 Å². The monoisotopic (exact) mass is 301 g/mol. The van der Waals surface area contributed by atoms with Crippen molar-refractivity contribution in [3.05, 3.63) is 72.8 Å². The number of nitrogens with zero attached hydrogens (tertiary/aromatic N) is 1. The van der Waals surface area contributed by atoms with Gasteiger partial charge in [-0.2, -0.15) is 5.10 Å². The number of hydrogen-bond acceptors (Lipinski definition) is 3. The van der Waals surface area contributed by atoms with Gasteiger partial charge in [0.1, 0.15) is 11.5 Å². The van der Waals surface area contributed by atoms with Crippen LogP contribution in [0.3, 0.4) is 0 Å². The fraction of sp³-hybridized carbons (Fsp3) is 0. The van der Waals surface area contributed by atoms with Crippen molar-refractivity contribution in [2.75, 3.05) is 5.73 Å². The Morgan fingerprint density at radius 3 is 2.52 bits per heavy atom. The summed E-state index contributed by atoms with van der Waals surface area (Å²) >= 11 is 0. The largest absolute Gasteiger partial charge is 0.457 e. The number of aromatic amines is 1. The predicted molar refractivity (Wildman–Crippen MR) is 92.5 cm³/mol. The van der Waals surface area contributed by atoms with Crippen LogP contribution >= 0.6 is 0 Å². The van der Waals surface area contributed by atoms with Crippen molar-refractivity contribution in [3.8, 4) is 22.6 Å². The SMILES string of the molecule is Nc1n[nH]c2ccc(-c3ccccc3Oc3ccccc3)cc12. The lowest BCUT2D eigenvalue weighted by Crippen LogP contribution is -1.88. The molecule has 23 heavy (non-hydrogen) atoms. The number of anilines is 1. The van der Waals surface area contributed by atoms with E-state index < -0.39 is 0 Å². The van der Waals surface area contributed by atoms with Crippen molar-refractivity contribution in [3.63, 3.8) is 0 Å². The Balaban J connectivity index is 1.80. The Kier molecular flexibility index (Phi) is 3.20. The number of hydrogen-bond donors (Lipinski definition) is 2. The van der Waals surface area contributed by atoms with E-state index in [1.807, 2.05) is 72.8 Å². The summed E-state index contributed by atoms with van der Waals surface area (Å²) in [7, 11) is 0. The number of fused-ring (bicyclic) bond motifs is 1. The minimum absolute atomic E-state index is 0.503. The molecule has 4 rings (SSSR count). The topological polar surface area (TPSA) is 63.9 Å². The summed E-state index contributed by atoms with van der Waals surface area (Å²) in [5.74, 6) is 2.12.